The van der Waals surface area contributed by atoms with Crippen LogP contribution in [0.2, 0.25) is 5.02 Å². The van der Waals surface area contributed by atoms with Gasteiger partial charge in [-0.15, -0.1) is 0 Å². The van der Waals surface area contributed by atoms with E-state index in [0.717, 1.165) is 0 Å². The molecule has 0 aliphatic carbocycles. The molecule has 0 saturated carbocycles. The molecule has 0 radical (unpaired) electrons. The first-order valence-corrected chi connectivity index (χ1v) is 10.2. The monoisotopic (exact) mass is 494 g/mol. The fourth-order valence-electron chi connectivity index (χ4n) is 3.03. The first-order valence-electron chi connectivity index (χ1n) is 9.83. The molecular weight excluding hydrogens is 483 g/mol. The van der Waals surface area contributed by atoms with E-state index in [-0.39, 0.29) is 34.3 Å². The number of anilines is 3. The zero-order chi connectivity index (χ0) is 24.4. The van der Waals surface area contributed by atoms with Crippen molar-refractivity contribution >= 4 is 52.1 Å². The summed E-state index contributed by atoms with van der Waals surface area (Å²) in [4.78, 5) is 19.0. The lowest BCUT2D eigenvalue weighted by Crippen LogP contribution is -2.04. The summed E-state index contributed by atoms with van der Waals surface area (Å²) in [6.45, 7) is 0. The molecule has 0 saturated heterocycles. The number of aromatic nitrogens is 4. The summed E-state index contributed by atoms with van der Waals surface area (Å²) in [6.07, 6.45) is 1.34. The second kappa shape index (κ2) is 9.15. The number of nitro groups is 1. The third-order valence-corrected chi connectivity index (χ3v) is 4.99. The lowest BCUT2D eigenvalue weighted by Gasteiger charge is -2.09. The average molecular weight is 495 g/mol. The number of benzene rings is 2. The van der Waals surface area contributed by atoms with Crippen LogP contribution >= 0.6 is 11.6 Å². The number of halogens is 2. The molecule has 12 nitrogen and oxygen atoms in total. The lowest BCUT2D eigenvalue weighted by atomic mass is 10.1. The van der Waals surface area contributed by atoms with Crippen molar-refractivity contribution in [3.05, 3.63) is 81.3 Å². The van der Waals surface area contributed by atoms with E-state index in [0.29, 0.717) is 22.1 Å². The molecule has 0 aliphatic rings. The molecule has 3 heterocycles. The molecule has 2 N–H and O–H groups in total. The highest BCUT2D eigenvalue weighted by Gasteiger charge is 2.15. The number of hydrazone groups is 1. The fourth-order valence-corrected chi connectivity index (χ4v) is 3.24. The highest BCUT2D eigenvalue weighted by atomic mass is 35.5. The van der Waals surface area contributed by atoms with Crippen molar-refractivity contribution in [1.29, 1.82) is 0 Å². The first kappa shape index (κ1) is 21.9. The molecule has 14 heteroatoms. The maximum Gasteiger partial charge on any atom is 0.270 e. The highest BCUT2D eigenvalue weighted by Crippen LogP contribution is 2.32. The van der Waals surface area contributed by atoms with Gasteiger partial charge in [-0.25, -0.2) is 14.0 Å². The highest BCUT2D eigenvalue weighted by molar-refractivity contribution is 6.33. The molecule has 174 valence electrons. The second-order valence-electron chi connectivity index (χ2n) is 6.93. The van der Waals surface area contributed by atoms with Gasteiger partial charge in [0, 0.05) is 17.7 Å². The number of fused-ring (bicyclic) bond motifs is 1. The first-order chi connectivity index (χ1) is 17.0. The van der Waals surface area contributed by atoms with E-state index >= 15 is 0 Å². The number of nitro benzene ring substituents is 1. The van der Waals surface area contributed by atoms with Gasteiger partial charge in [-0.1, -0.05) is 23.7 Å². The van der Waals surface area contributed by atoms with Crippen LogP contribution in [0.5, 0.6) is 0 Å². The molecule has 3 aromatic heterocycles. The molecule has 5 rings (SSSR count). The predicted octanol–water partition coefficient (Wildman–Crippen LogP) is 5.16. The van der Waals surface area contributed by atoms with Crippen molar-refractivity contribution in [2.45, 2.75) is 0 Å². The Balaban J connectivity index is 1.39. The van der Waals surface area contributed by atoms with Crippen LogP contribution in [0.3, 0.4) is 0 Å². The molecule has 0 atom stereocenters. The molecule has 0 unspecified atom stereocenters. The van der Waals surface area contributed by atoms with E-state index in [1.54, 1.807) is 24.3 Å². The predicted molar refractivity (Wildman–Crippen MR) is 124 cm³/mol. The average Bonchev–Trinajstić information content (AvgIpc) is 3.50. The quantitative estimate of drug-likeness (QED) is 0.176. The summed E-state index contributed by atoms with van der Waals surface area (Å²) in [5, 5.41) is 25.5. The minimum absolute atomic E-state index is 0.112. The Morgan fingerprint density at radius 2 is 1.83 bits per heavy atom. The summed E-state index contributed by atoms with van der Waals surface area (Å²) in [5.74, 6) is 0.373. The topological polar surface area (TPSA) is 157 Å². The van der Waals surface area contributed by atoms with Gasteiger partial charge in [0.25, 0.3) is 5.69 Å². The Bertz CT molecular complexity index is 1580. The van der Waals surface area contributed by atoms with Gasteiger partial charge in [-0.05, 0) is 40.6 Å². The van der Waals surface area contributed by atoms with E-state index in [4.69, 9.17) is 16.0 Å². The molecule has 2 aromatic carbocycles. The number of hydrogen-bond donors (Lipinski definition) is 2. The number of furan rings is 1. The number of nitrogens with one attached hydrogen (secondary N) is 2. The van der Waals surface area contributed by atoms with Crippen LogP contribution in [0, 0.1) is 15.9 Å². The number of non-ortho nitro benzene ring substituents is 1. The third kappa shape index (κ3) is 4.60. The molecule has 35 heavy (non-hydrogen) atoms. The van der Waals surface area contributed by atoms with Gasteiger partial charge in [0.15, 0.2) is 11.6 Å². The lowest BCUT2D eigenvalue weighted by molar-refractivity contribution is -0.384. The van der Waals surface area contributed by atoms with Crippen molar-refractivity contribution < 1.29 is 18.4 Å². The van der Waals surface area contributed by atoms with Crippen molar-refractivity contribution in [3.63, 3.8) is 0 Å². The van der Waals surface area contributed by atoms with Crippen LogP contribution in [0.4, 0.5) is 27.4 Å². The molecule has 0 aliphatic heterocycles. The molecule has 0 fully saturated rings. The van der Waals surface area contributed by atoms with Gasteiger partial charge < -0.3 is 9.73 Å². The van der Waals surface area contributed by atoms with E-state index in [1.807, 2.05) is 0 Å². The van der Waals surface area contributed by atoms with E-state index in [1.165, 1.54) is 36.5 Å². The van der Waals surface area contributed by atoms with Crippen molar-refractivity contribution in [1.82, 2.24) is 20.3 Å². The smallest absolute Gasteiger partial charge is 0.270 e. The molecule has 0 spiro atoms. The summed E-state index contributed by atoms with van der Waals surface area (Å²) in [5.41, 5.74) is 3.32. The van der Waals surface area contributed by atoms with Crippen molar-refractivity contribution in [2.24, 2.45) is 5.10 Å². The Labute approximate surface area is 199 Å². The van der Waals surface area contributed by atoms with Gasteiger partial charge in [0.05, 0.1) is 21.8 Å². The minimum Gasteiger partial charge on any atom is -0.455 e. The number of hydrogen-bond acceptors (Lipinski definition) is 11. The molecule has 5 aromatic rings. The fraction of sp³-hybridized carbons (Fsp3) is 0. The normalized spacial score (nSPS) is 11.3. The Hall–Kier alpha value is -4.91. The largest absolute Gasteiger partial charge is 0.455 e. The van der Waals surface area contributed by atoms with Gasteiger partial charge in [-0.3, -0.25) is 15.5 Å². The van der Waals surface area contributed by atoms with Crippen molar-refractivity contribution in [3.8, 4) is 11.3 Å². The summed E-state index contributed by atoms with van der Waals surface area (Å²) in [7, 11) is 0. The van der Waals surface area contributed by atoms with Gasteiger partial charge in [-0.2, -0.15) is 10.1 Å². The van der Waals surface area contributed by atoms with Gasteiger partial charge in [0.1, 0.15) is 17.3 Å². The van der Waals surface area contributed by atoms with E-state index in [9.17, 15) is 14.5 Å². The molecule has 0 bridgehead atoms. The minimum atomic E-state index is -0.524. The van der Waals surface area contributed by atoms with Gasteiger partial charge >= 0.3 is 0 Å². The second-order valence-corrected chi connectivity index (χ2v) is 7.34. The zero-order valence-electron chi connectivity index (χ0n) is 17.3. The number of rotatable bonds is 7. The third-order valence-electron chi connectivity index (χ3n) is 4.66. The van der Waals surface area contributed by atoms with Crippen LogP contribution in [0.1, 0.15) is 5.76 Å². The van der Waals surface area contributed by atoms with Gasteiger partial charge in [0.2, 0.25) is 11.3 Å². The van der Waals surface area contributed by atoms with Crippen LogP contribution in [0.25, 0.3) is 22.6 Å². The summed E-state index contributed by atoms with van der Waals surface area (Å²) in [6, 6.07) is 13.3. The Morgan fingerprint density at radius 3 is 2.60 bits per heavy atom. The maximum atomic E-state index is 14.1. The summed E-state index contributed by atoms with van der Waals surface area (Å²) < 4.78 is 24.4. The maximum absolute atomic E-state index is 14.1. The van der Waals surface area contributed by atoms with Crippen LogP contribution in [-0.2, 0) is 0 Å². The van der Waals surface area contributed by atoms with Crippen molar-refractivity contribution in [2.75, 3.05) is 10.7 Å². The van der Waals surface area contributed by atoms with E-state index in [2.05, 4.69) is 40.8 Å². The summed E-state index contributed by atoms with van der Waals surface area (Å²) >= 11 is 6.17. The van der Waals surface area contributed by atoms with E-state index < -0.39 is 10.7 Å². The van der Waals surface area contributed by atoms with Crippen LogP contribution < -0.4 is 10.7 Å². The van der Waals surface area contributed by atoms with Crippen LogP contribution in [-0.4, -0.2) is 31.4 Å². The van der Waals surface area contributed by atoms with Crippen LogP contribution in [0.15, 0.2) is 68.7 Å². The standard InChI is InChI=1S/C21H12ClFN8O4/c22-14-7-5-11(31(32)33)9-13(14)17-8-6-12(34-17)10-24-28-19-18(25-16-4-2-1-3-15(16)23)26-20-21(27-19)30-35-29-20/h1-10H,(H,25,26,29)(H,27,28,30). The number of para-hydroxylation sites is 1. The SMILES string of the molecule is O=[N+]([O-])c1ccc(Cl)c(-c2ccc(C=NNc3nc4nonc4nc3Nc3ccccc3F)o2)c1. The number of nitrogens with zero attached hydrogens (tertiary/aromatic N) is 6. The molecular formula is C21H12ClFN8O4. The molecule has 0 amide bonds. The Morgan fingerprint density at radius 1 is 1.06 bits per heavy atom. The Kier molecular flexibility index (Phi) is 5.73. The zero-order valence-corrected chi connectivity index (χ0v) is 18.1.